The molecule has 1 amide bonds. The molecule has 3 aromatic rings. The first kappa shape index (κ1) is 15.2. The van der Waals surface area contributed by atoms with E-state index in [0.717, 1.165) is 5.39 Å². The number of fused-ring (bicyclic) bond motifs is 2. The third-order valence-corrected chi connectivity index (χ3v) is 4.00. The van der Waals surface area contributed by atoms with E-state index in [4.69, 9.17) is 9.47 Å². The molecule has 7 heteroatoms. The minimum atomic E-state index is -0.344. The van der Waals surface area contributed by atoms with Crippen molar-refractivity contribution in [3.8, 4) is 11.5 Å². The van der Waals surface area contributed by atoms with Crippen LogP contribution in [0.3, 0.4) is 0 Å². The summed E-state index contributed by atoms with van der Waals surface area (Å²) in [5.74, 6) is 0.874. The van der Waals surface area contributed by atoms with Gasteiger partial charge in [-0.15, -0.1) is 0 Å². The smallest absolute Gasteiger partial charge is 0.275 e. The zero-order chi connectivity index (χ0) is 17.4. The maximum Gasteiger partial charge on any atom is 0.275 e. The standard InChI is InChI=1S/C18H15N3O4/c1-11-13-4-2-3-5-14(13)18(23)21(20-11)9-17(22)19-12-6-7-15-16(8-12)25-10-24-15/h2-8H,9-10H2,1H3,(H,19,22). The molecule has 2 aromatic carbocycles. The average molecular weight is 337 g/mol. The number of hydrogen-bond donors (Lipinski definition) is 1. The van der Waals surface area contributed by atoms with Gasteiger partial charge in [0.15, 0.2) is 11.5 Å². The molecular weight excluding hydrogens is 322 g/mol. The summed E-state index contributed by atoms with van der Waals surface area (Å²) in [6.45, 7) is 1.81. The molecule has 7 nitrogen and oxygen atoms in total. The van der Waals surface area contributed by atoms with E-state index < -0.39 is 0 Å². The second-order valence-corrected chi connectivity index (χ2v) is 5.71. The topological polar surface area (TPSA) is 82.5 Å². The number of benzene rings is 2. The van der Waals surface area contributed by atoms with E-state index in [1.807, 2.05) is 19.1 Å². The van der Waals surface area contributed by atoms with Gasteiger partial charge in [0, 0.05) is 17.1 Å². The molecule has 0 saturated carbocycles. The minimum Gasteiger partial charge on any atom is -0.454 e. The van der Waals surface area contributed by atoms with E-state index in [0.29, 0.717) is 28.3 Å². The monoisotopic (exact) mass is 337 g/mol. The van der Waals surface area contributed by atoms with Crippen LogP contribution >= 0.6 is 0 Å². The van der Waals surface area contributed by atoms with E-state index in [2.05, 4.69) is 10.4 Å². The van der Waals surface area contributed by atoms with Gasteiger partial charge < -0.3 is 14.8 Å². The molecule has 0 spiro atoms. The van der Waals surface area contributed by atoms with Gasteiger partial charge in [-0.05, 0) is 25.1 Å². The van der Waals surface area contributed by atoms with Gasteiger partial charge in [-0.2, -0.15) is 5.10 Å². The summed E-state index contributed by atoms with van der Waals surface area (Å²) in [6.07, 6.45) is 0. The Labute approximate surface area is 142 Å². The normalized spacial score (nSPS) is 12.4. The summed E-state index contributed by atoms with van der Waals surface area (Å²) in [5.41, 5.74) is 0.980. The van der Waals surface area contributed by atoms with Crippen LogP contribution in [0.1, 0.15) is 5.69 Å². The quantitative estimate of drug-likeness (QED) is 0.791. The van der Waals surface area contributed by atoms with E-state index >= 15 is 0 Å². The Bertz CT molecular complexity index is 1040. The Balaban J connectivity index is 1.58. The first-order valence-corrected chi connectivity index (χ1v) is 7.78. The number of nitrogens with one attached hydrogen (secondary N) is 1. The molecule has 0 bridgehead atoms. The number of ether oxygens (including phenoxy) is 2. The van der Waals surface area contributed by atoms with Crippen LogP contribution in [0.4, 0.5) is 5.69 Å². The van der Waals surface area contributed by atoms with E-state index in [9.17, 15) is 9.59 Å². The number of rotatable bonds is 3. The van der Waals surface area contributed by atoms with Gasteiger partial charge in [0.1, 0.15) is 6.54 Å². The van der Waals surface area contributed by atoms with Crippen molar-refractivity contribution in [1.29, 1.82) is 0 Å². The fourth-order valence-electron chi connectivity index (χ4n) is 2.82. The molecule has 0 radical (unpaired) electrons. The van der Waals surface area contributed by atoms with Gasteiger partial charge in [0.2, 0.25) is 12.7 Å². The lowest BCUT2D eigenvalue weighted by atomic mass is 10.1. The lowest BCUT2D eigenvalue weighted by molar-refractivity contribution is -0.117. The molecule has 25 heavy (non-hydrogen) atoms. The van der Waals surface area contributed by atoms with Crippen molar-refractivity contribution in [3.05, 3.63) is 58.5 Å². The van der Waals surface area contributed by atoms with Crippen LogP contribution in [0.5, 0.6) is 11.5 Å². The van der Waals surface area contributed by atoms with Crippen LogP contribution < -0.4 is 20.3 Å². The van der Waals surface area contributed by atoms with E-state index in [1.54, 1.807) is 30.3 Å². The minimum absolute atomic E-state index is 0.168. The number of carbonyl (C=O) groups is 1. The fourth-order valence-corrected chi connectivity index (χ4v) is 2.82. The van der Waals surface area contributed by atoms with Gasteiger partial charge in [0.05, 0.1) is 11.1 Å². The van der Waals surface area contributed by atoms with Crippen molar-refractivity contribution in [1.82, 2.24) is 9.78 Å². The summed E-state index contributed by atoms with van der Waals surface area (Å²) in [4.78, 5) is 24.8. The fraction of sp³-hybridized carbons (Fsp3) is 0.167. The molecule has 0 saturated heterocycles. The number of carbonyl (C=O) groups excluding carboxylic acids is 1. The predicted octanol–water partition coefficient (Wildman–Crippen LogP) is 2.07. The van der Waals surface area contributed by atoms with Crippen molar-refractivity contribution < 1.29 is 14.3 Å². The number of hydrogen-bond acceptors (Lipinski definition) is 5. The predicted molar refractivity (Wildman–Crippen MR) is 91.9 cm³/mol. The lowest BCUT2D eigenvalue weighted by Gasteiger charge is -2.09. The van der Waals surface area contributed by atoms with Crippen LogP contribution in [0.15, 0.2) is 47.3 Å². The zero-order valence-electron chi connectivity index (χ0n) is 13.5. The molecule has 4 rings (SSSR count). The Hall–Kier alpha value is -3.35. The van der Waals surface area contributed by atoms with E-state index in [1.165, 1.54) is 4.68 Å². The van der Waals surface area contributed by atoms with Crippen LogP contribution in [-0.4, -0.2) is 22.5 Å². The molecule has 0 unspecified atom stereocenters. The summed E-state index contributed by atoms with van der Waals surface area (Å²) >= 11 is 0. The molecular formula is C18H15N3O4. The third kappa shape index (κ3) is 2.80. The highest BCUT2D eigenvalue weighted by Crippen LogP contribution is 2.34. The first-order valence-electron chi connectivity index (χ1n) is 7.78. The van der Waals surface area contributed by atoms with Crippen molar-refractivity contribution >= 4 is 22.4 Å². The zero-order valence-corrected chi connectivity index (χ0v) is 13.5. The lowest BCUT2D eigenvalue weighted by Crippen LogP contribution is -2.30. The molecule has 126 valence electrons. The second-order valence-electron chi connectivity index (χ2n) is 5.71. The second kappa shape index (κ2) is 5.94. The summed E-state index contributed by atoms with van der Waals surface area (Å²) < 4.78 is 11.7. The molecule has 1 aliphatic heterocycles. The average Bonchev–Trinajstić information content (AvgIpc) is 3.07. The molecule has 1 N–H and O–H groups in total. The number of aromatic nitrogens is 2. The number of aryl methyl sites for hydroxylation is 1. The molecule has 0 fully saturated rings. The first-order chi connectivity index (χ1) is 12.1. The van der Waals surface area contributed by atoms with Gasteiger partial charge in [-0.1, -0.05) is 18.2 Å². The van der Waals surface area contributed by atoms with Crippen molar-refractivity contribution in [2.24, 2.45) is 0 Å². The van der Waals surface area contributed by atoms with Gasteiger partial charge in [-0.25, -0.2) is 4.68 Å². The Morgan fingerprint density at radius 1 is 1.16 bits per heavy atom. The molecule has 1 aliphatic rings. The number of nitrogens with zero attached hydrogens (tertiary/aromatic N) is 2. The summed E-state index contributed by atoms with van der Waals surface area (Å²) in [7, 11) is 0. The highest BCUT2D eigenvalue weighted by molar-refractivity contribution is 5.91. The SMILES string of the molecule is Cc1nn(CC(=O)Nc2ccc3c(c2)OCO3)c(=O)c2ccccc12. The molecule has 2 heterocycles. The summed E-state index contributed by atoms with van der Waals surface area (Å²) in [5, 5.41) is 8.32. The highest BCUT2D eigenvalue weighted by Gasteiger charge is 2.15. The Kier molecular flexibility index (Phi) is 3.61. The number of amides is 1. The van der Waals surface area contributed by atoms with Crippen LogP contribution in [0, 0.1) is 6.92 Å². The Morgan fingerprint density at radius 2 is 1.92 bits per heavy atom. The maximum absolute atomic E-state index is 12.5. The maximum atomic E-state index is 12.5. The highest BCUT2D eigenvalue weighted by atomic mass is 16.7. The Morgan fingerprint density at radius 3 is 2.76 bits per heavy atom. The summed E-state index contributed by atoms with van der Waals surface area (Å²) in [6, 6.07) is 12.3. The molecule has 1 aromatic heterocycles. The molecule has 0 aliphatic carbocycles. The largest absolute Gasteiger partial charge is 0.454 e. The number of anilines is 1. The van der Waals surface area contributed by atoms with E-state index in [-0.39, 0.29) is 24.8 Å². The van der Waals surface area contributed by atoms with Crippen molar-refractivity contribution in [3.63, 3.8) is 0 Å². The van der Waals surface area contributed by atoms with Crippen LogP contribution in [0.25, 0.3) is 10.8 Å². The molecule has 0 atom stereocenters. The van der Waals surface area contributed by atoms with Gasteiger partial charge in [-0.3, -0.25) is 9.59 Å². The van der Waals surface area contributed by atoms with Crippen LogP contribution in [-0.2, 0) is 11.3 Å². The van der Waals surface area contributed by atoms with Crippen molar-refractivity contribution in [2.45, 2.75) is 13.5 Å². The third-order valence-electron chi connectivity index (χ3n) is 4.00. The van der Waals surface area contributed by atoms with Crippen molar-refractivity contribution in [2.75, 3.05) is 12.1 Å². The van der Waals surface area contributed by atoms with Gasteiger partial charge in [0.25, 0.3) is 5.56 Å². The van der Waals surface area contributed by atoms with Crippen LogP contribution in [0.2, 0.25) is 0 Å². The van der Waals surface area contributed by atoms with Gasteiger partial charge >= 0.3 is 0 Å².